The first-order valence-electron chi connectivity index (χ1n) is 7.81. The summed E-state index contributed by atoms with van der Waals surface area (Å²) in [7, 11) is 2.24. The Bertz CT molecular complexity index is 425. The standard InChI is InChI=1S/C17H27ClN2/c1-13-11-14(18)9-10-16(13)17(12-19)20(2)15-7-5-3-4-6-8-15/h9-11,15,17H,3-8,12,19H2,1-2H3. The first-order valence-corrected chi connectivity index (χ1v) is 8.19. The molecule has 0 spiro atoms. The van der Waals surface area contributed by atoms with Gasteiger partial charge in [0.2, 0.25) is 0 Å². The first-order chi connectivity index (χ1) is 9.63. The summed E-state index contributed by atoms with van der Waals surface area (Å²) in [5.74, 6) is 0. The van der Waals surface area contributed by atoms with Gasteiger partial charge in [-0.2, -0.15) is 0 Å². The Morgan fingerprint density at radius 1 is 1.25 bits per heavy atom. The van der Waals surface area contributed by atoms with Gasteiger partial charge in [0.1, 0.15) is 0 Å². The van der Waals surface area contributed by atoms with E-state index in [1.54, 1.807) is 0 Å². The van der Waals surface area contributed by atoms with Gasteiger partial charge in [-0.05, 0) is 50.1 Å². The van der Waals surface area contributed by atoms with Crippen molar-refractivity contribution in [2.75, 3.05) is 13.6 Å². The zero-order valence-electron chi connectivity index (χ0n) is 12.7. The lowest BCUT2D eigenvalue weighted by Crippen LogP contribution is -2.38. The highest BCUT2D eigenvalue weighted by atomic mass is 35.5. The molecule has 1 aromatic rings. The second-order valence-electron chi connectivity index (χ2n) is 6.06. The molecule has 0 amide bonds. The highest BCUT2D eigenvalue weighted by Gasteiger charge is 2.25. The van der Waals surface area contributed by atoms with Gasteiger partial charge in [-0.1, -0.05) is 43.4 Å². The van der Waals surface area contributed by atoms with Crippen molar-refractivity contribution in [3.05, 3.63) is 34.3 Å². The SMILES string of the molecule is Cc1cc(Cl)ccc1C(CN)N(C)C1CCCCCC1. The highest BCUT2D eigenvalue weighted by Crippen LogP contribution is 2.30. The van der Waals surface area contributed by atoms with E-state index in [9.17, 15) is 0 Å². The smallest absolute Gasteiger partial charge is 0.0472 e. The normalized spacial score (nSPS) is 19.1. The van der Waals surface area contributed by atoms with Gasteiger partial charge in [0.25, 0.3) is 0 Å². The van der Waals surface area contributed by atoms with Gasteiger partial charge in [-0.15, -0.1) is 0 Å². The minimum absolute atomic E-state index is 0.301. The number of hydrogen-bond donors (Lipinski definition) is 1. The number of likely N-dealkylation sites (N-methyl/N-ethyl adjacent to an activating group) is 1. The van der Waals surface area contributed by atoms with Gasteiger partial charge < -0.3 is 5.73 Å². The number of benzene rings is 1. The van der Waals surface area contributed by atoms with E-state index in [-0.39, 0.29) is 0 Å². The zero-order chi connectivity index (χ0) is 14.5. The summed E-state index contributed by atoms with van der Waals surface area (Å²) in [6.45, 7) is 2.79. The summed E-state index contributed by atoms with van der Waals surface area (Å²) >= 11 is 6.07. The topological polar surface area (TPSA) is 29.3 Å². The molecule has 0 aliphatic heterocycles. The van der Waals surface area contributed by atoms with Crippen LogP contribution in [0.4, 0.5) is 0 Å². The van der Waals surface area contributed by atoms with Crippen LogP contribution in [-0.2, 0) is 0 Å². The predicted octanol–water partition coefficient (Wildman–Crippen LogP) is 4.30. The fourth-order valence-electron chi connectivity index (χ4n) is 3.45. The maximum absolute atomic E-state index is 6.08. The van der Waals surface area contributed by atoms with Gasteiger partial charge in [0.05, 0.1) is 0 Å². The Hall–Kier alpha value is -0.570. The van der Waals surface area contributed by atoms with Crippen LogP contribution in [-0.4, -0.2) is 24.5 Å². The second kappa shape index (κ2) is 7.44. The molecular weight excluding hydrogens is 268 g/mol. The summed E-state index contributed by atoms with van der Waals surface area (Å²) in [5, 5.41) is 0.805. The van der Waals surface area contributed by atoms with Crippen molar-refractivity contribution in [1.82, 2.24) is 4.90 Å². The van der Waals surface area contributed by atoms with Crippen molar-refractivity contribution in [2.24, 2.45) is 5.73 Å². The number of nitrogens with two attached hydrogens (primary N) is 1. The molecule has 0 radical (unpaired) electrons. The molecule has 2 nitrogen and oxygen atoms in total. The fraction of sp³-hybridized carbons (Fsp3) is 0.647. The second-order valence-corrected chi connectivity index (χ2v) is 6.50. The largest absolute Gasteiger partial charge is 0.329 e. The maximum atomic E-state index is 6.08. The van der Waals surface area contributed by atoms with Crippen LogP contribution in [0, 0.1) is 6.92 Å². The molecular formula is C17H27ClN2. The van der Waals surface area contributed by atoms with Crippen molar-refractivity contribution in [2.45, 2.75) is 57.5 Å². The van der Waals surface area contributed by atoms with E-state index in [1.807, 2.05) is 12.1 Å². The first kappa shape index (κ1) is 15.8. The molecule has 112 valence electrons. The summed E-state index contributed by atoms with van der Waals surface area (Å²) in [4.78, 5) is 2.50. The lowest BCUT2D eigenvalue weighted by atomic mass is 9.97. The molecule has 1 fully saturated rings. The molecule has 0 aromatic heterocycles. The van der Waals surface area contributed by atoms with Crippen molar-refractivity contribution in [1.29, 1.82) is 0 Å². The summed E-state index contributed by atoms with van der Waals surface area (Å²) in [6.07, 6.45) is 8.09. The lowest BCUT2D eigenvalue weighted by molar-refractivity contribution is 0.161. The lowest BCUT2D eigenvalue weighted by Gasteiger charge is -2.35. The highest BCUT2D eigenvalue weighted by molar-refractivity contribution is 6.30. The number of halogens is 1. The summed E-state index contributed by atoms with van der Waals surface area (Å²) in [5.41, 5.74) is 8.65. The van der Waals surface area contributed by atoms with Crippen molar-refractivity contribution >= 4 is 11.6 Å². The monoisotopic (exact) mass is 294 g/mol. The molecule has 1 unspecified atom stereocenters. The summed E-state index contributed by atoms with van der Waals surface area (Å²) in [6, 6.07) is 7.13. The third-order valence-electron chi connectivity index (χ3n) is 4.71. The van der Waals surface area contributed by atoms with Crippen LogP contribution in [0.2, 0.25) is 5.02 Å². The van der Waals surface area contributed by atoms with Crippen molar-refractivity contribution in [3.8, 4) is 0 Å². The van der Waals surface area contributed by atoms with Crippen molar-refractivity contribution < 1.29 is 0 Å². The fourth-order valence-corrected chi connectivity index (χ4v) is 3.67. The van der Waals surface area contributed by atoms with Crippen LogP contribution < -0.4 is 5.73 Å². The number of hydrogen-bond acceptors (Lipinski definition) is 2. The van der Waals surface area contributed by atoms with Gasteiger partial charge >= 0.3 is 0 Å². The van der Waals surface area contributed by atoms with Crippen LogP contribution in [0.25, 0.3) is 0 Å². The molecule has 1 aliphatic carbocycles. The molecule has 1 aromatic carbocycles. The minimum atomic E-state index is 0.301. The van der Waals surface area contributed by atoms with E-state index in [4.69, 9.17) is 17.3 Å². The number of aryl methyl sites for hydroxylation is 1. The van der Waals surface area contributed by atoms with Crippen LogP contribution in [0.5, 0.6) is 0 Å². The molecule has 1 aliphatic rings. The molecule has 3 heteroatoms. The Kier molecular flexibility index (Phi) is 5.88. The third kappa shape index (κ3) is 3.75. The molecule has 20 heavy (non-hydrogen) atoms. The van der Waals surface area contributed by atoms with Gasteiger partial charge in [0, 0.05) is 23.7 Å². The van der Waals surface area contributed by atoms with E-state index in [2.05, 4.69) is 24.9 Å². The quantitative estimate of drug-likeness (QED) is 0.839. The van der Waals surface area contributed by atoms with Gasteiger partial charge in [0.15, 0.2) is 0 Å². The number of rotatable bonds is 4. The third-order valence-corrected chi connectivity index (χ3v) is 4.94. The Balaban J connectivity index is 2.17. The van der Waals surface area contributed by atoms with Gasteiger partial charge in [-0.3, -0.25) is 4.90 Å². The average molecular weight is 295 g/mol. The Morgan fingerprint density at radius 3 is 2.45 bits per heavy atom. The van der Waals surface area contributed by atoms with Crippen LogP contribution in [0.3, 0.4) is 0 Å². The van der Waals surface area contributed by atoms with E-state index in [0.717, 1.165) is 5.02 Å². The Morgan fingerprint density at radius 2 is 1.90 bits per heavy atom. The molecule has 0 saturated heterocycles. The molecule has 1 atom stereocenters. The summed E-state index contributed by atoms with van der Waals surface area (Å²) < 4.78 is 0. The molecule has 1 saturated carbocycles. The molecule has 0 heterocycles. The van der Waals surface area contributed by atoms with Crippen LogP contribution in [0.15, 0.2) is 18.2 Å². The van der Waals surface area contributed by atoms with Gasteiger partial charge in [-0.25, -0.2) is 0 Å². The average Bonchev–Trinajstić information content (AvgIpc) is 2.70. The zero-order valence-corrected chi connectivity index (χ0v) is 13.5. The molecule has 2 N–H and O–H groups in total. The van der Waals surface area contributed by atoms with E-state index < -0.39 is 0 Å². The van der Waals surface area contributed by atoms with E-state index in [0.29, 0.717) is 18.6 Å². The van der Waals surface area contributed by atoms with E-state index >= 15 is 0 Å². The van der Waals surface area contributed by atoms with Crippen LogP contribution in [0.1, 0.15) is 55.7 Å². The van der Waals surface area contributed by atoms with E-state index in [1.165, 1.54) is 49.7 Å². The number of nitrogens with zero attached hydrogens (tertiary/aromatic N) is 1. The Labute approximate surface area is 128 Å². The minimum Gasteiger partial charge on any atom is -0.329 e. The maximum Gasteiger partial charge on any atom is 0.0472 e. The molecule has 0 bridgehead atoms. The predicted molar refractivity (Wildman–Crippen MR) is 87.2 cm³/mol. The van der Waals surface area contributed by atoms with Crippen molar-refractivity contribution in [3.63, 3.8) is 0 Å². The van der Waals surface area contributed by atoms with Crippen LogP contribution >= 0.6 is 11.6 Å². The molecule has 2 rings (SSSR count).